The van der Waals surface area contributed by atoms with E-state index in [9.17, 15) is 4.79 Å². The normalized spacial score (nSPS) is 10.8. The molecule has 3 aromatic carbocycles. The number of hydrogen-bond acceptors (Lipinski definition) is 6. The molecule has 0 aliphatic carbocycles. The summed E-state index contributed by atoms with van der Waals surface area (Å²) in [4.78, 5) is 12.5. The molecule has 0 aliphatic heterocycles. The van der Waals surface area contributed by atoms with E-state index in [1.54, 1.807) is 48.5 Å². The molecule has 0 spiro atoms. The number of benzene rings is 3. The molecule has 0 bridgehead atoms. The predicted molar refractivity (Wildman–Crippen MR) is 136 cm³/mol. The number of hydrogen-bond donors (Lipinski definition) is 1. The van der Waals surface area contributed by atoms with Crippen LogP contribution in [0.5, 0.6) is 23.0 Å². The third kappa shape index (κ3) is 6.34. The molecule has 0 radical (unpaired) electrons. The van der Waals surface area contributed by atoms with Crippen LogP contribution in [0, 0.1) is 0 Å². The van der Waals surface area contributed by atoms with Gasteiger partial charge < -0.3 is 18.9 Å². The highest BCUT2D eigenvalue weighted by atomic mass is 79.9. The maximum absolute atomic E-state index is 12.5. The minimum Gasteiger partial charge on any atom is -0.497 e. The molecule has 0 unspecified atom stereocenters. The number of amides is 1. The van der Waals surface area contributed by atoms with E-state index < -0.39 is 5.91 Å². The van der Waals surface area contributed by atoms with E-state index in [2.05, 4.69) is 26.5 Å². The van der Waals surface area contributed by atoms with Crippen molar-refractivity contribution in [3.8, 4) is 23.0 Å². The average molecular weight is 568 g/mol. The molecule has 10 heteroatoms. The van der Waals surface area contributed by atoms with Crippen molar-refractivity contribution in [3.63, 3.8) is 0 Å². The van der Waals surface area contributed by atoms with E-state index in [0.29, 0.717) is 48.6 Å². The molecular weight excluding hydrogens is 547 g/mol. The van der Waals surface area contributed by atoms with Crippen molar-refractivity contribution < 1.29 is 23.7 Å². The molecule has 0 saturated carbocycles. The summed E-state index contributed by atoms with van der Waals surface area (Å²) in [6.45, 7) is 0.220. The molecule has 3 aromatic rings. The van der Waals surface area contributed by atoms with Crippen LogP contribution in [0.4, 0.5) is 0 Å². The Labute approximate surface area is 215 Å². The molecule has 1 N–H and O–H groups in total. The molecule has 0 fully saturated rings. The van der Waals surface area contributed by atoms with Crippen LogP contribution in [-0.2, 0) is 6.61 Å². The van der Waals surface area contributed by atoms with Gasteiger partial charge in [-0.1, -0.05) is 29.3 Å². The van der Waals surface area contributed by atoms with Crippen molar-refractivity contribution in [1.82, 2.24) is 5.43 Å². The van der Waals surface area contributed by atoms with Crippen molar-refractivity contribution in [3.05, 3.63) is 79.7 Å². The molecular formula is C24H21BrCl2N2O5. The third-order valence-electron chi connectivity index (χ3n) is 4.67. The molecule has 7 nitrogen and oxygen atoms in total. The quantitative estimate of drug-likeness (QED) is 0.249. The molecule has 0 aromatic heterocycles. The SMILES string of the molecule is COc1ccc(C(=O)N/N=C\c2cc(Br)c(OCc3ccc(Cl)cc3Cl)c(OC)c2)c(OC)c1. The highest BCUT2D eigenvalue weighted by Crippen LogP contribution is 2.37. The number of nitrogens with zero attached hydrogens (tertiary/aromatic N) is 1. The molecule has 3 rings (SSSR count). The maximum Gasteiger partial charge on any atom is 0.275 e. The van der Waals surface area contributed by atoms with E-state index in [-0.39, 0.29) is 6.61 Å². The van der Waals surface area contributed by atoms with Crippen LogP contribution in [0.15, 0.2) is 58.1 Å². The lowest BCUT2D eigenvalue weighted by Gasteiger charge is -2.14. The van der Waals surface area contributed by atoms with Crippen molar-refractivity contribution in [1.29, 1.82) is 0 Å². The standard InChI is InChI=1S/C24H21BrCl2N2O5/c1-31-17-6-7-18(21(11-17)32-2)24(30)29-28-12-14-8-19(25)23(22(9-14)33-3)34-13-15-4-5-16(26)10-20(15)27/h4-12H,13H2,1-3H3,(H,29,30)/b28-12-. The van der Waals surface area contributed by atoms with Gasteiger partial charge in [-0.25, -0.2) is 5.43 Å². The minimum absolute atomic E-state index is 0.220. The topological polar surface area (TPSA) is 78.4 Å². The Bertz CT molecular complexity index is 1220. The number of methoxy groups -OCH3 is 3. The van der Waals surface area contributed by atoms with Crippen LogP contribution in [0.1, 0.15) is 21.5 Å². The third-order valence-corrected chi connectivity index (χ3v) is 5.85. The van der Waals surface area contributed by atoms with Gasteiger partial charge >= 0.3 is 0 Å². The second-order valence-electron chi connectivity index (χ2n) is 6.82. The summed E-state index contributed by atoms with van der Waals surface area (Å²) in [6.07, 6.45) is 1.49. The molecule has 0 heterocycles. The fraction of sp³-hybridized carbons (Fsp3) is 0.167. The summed E-state index contributed by atoms with van der Waals surface area (Å²) in [7, 11) is 4.54. The maximum atomic E-state index is 12.5. The zero-order chi connectivity index (χ0) is 24.7. The number of carbonyl (C=O) groups is 1. The molecule has 34 heavy (non-hydrogen) atoms. The van der Waals surface area contributed by atoms with E-state index in [1.807, 2.05) is 0 Å². The summed E-state index contributed by atoms with van der Waals surface area (Å²) in [6, 6.07) is 13.6. The Morgan fingerprint density at radius 1 is 1.00 bits per heavy atom. The second-order valence-corrected chi connectivity index (χ2v) is 8.52. The van der Waals surface area contributed by atoms with Crippen molar-refractivity contribution in [2.75, 3.05) is 21.3 Å². The van der Waals surface area contributed by atoms with Gasteiger partial charge in [0.25, 0.3) is 5.91 Å². The monoisotopic (exact) mass is 566 g/mol. The molecule has 0 saturated heterocycles. The van der Waals surface area contributed by atoms with E-state index >= 15 is 0 Å². The zero-order valence-corrected chi connectivity index (χ0v) is 21.6. The molecule has 0 aliphatic rings. The molecule has 0 atom stereocenters. The number of rotatable bonds is 9. The van der Waals surface area contributed by atoms with Gasteiger partial charge in [-0.05, 0) is 57.9 Å². The van der Waals surface area contributed by atoms with Gasteiger partial charge in [0.15, 0.2) is 11.5 Å². The van der Waals surface area contributed by atoms with Gasteiger partial charge in [0.05, 0.1) is 37.6 Å². The van der Waals surface area contributed by atoms with Crippen molar-refractivity contribution in [2.24, 2.45) is 5.10 Å². The number of halogens is 3. The summed E-state index contributed by atoms with van der Waals surface area (Å²) >= 11 is 15.7. The van der Waals surface area contributed by atoms with Crippen LogP contribution < -0.4 is 24.4 Å². The van der Waals surface area contributed by atoms with Crippen molar-refractivity contribution in [2.45, 2.75) is 6.61 Å². The highest BCUT2D eigenvalue weighted by Gasteiger charge is 2.14. The number of hydrazone groups is 1. The Hall–Kier alpha value is -2.94. The fourth-order valence-corrected chi connectivity index (χ4v) is 3.99. The predicted octanol–water partition coefficient (Wildman–Crippen LogP) is 6.12. The Balaban J connectivity index is 1.72. The lowest BCUT2D eigenvalue weighted by atomic mass is 10.2. The Morgan fingerprint density at radius 3 is 2.44 bits per heavy atom. The summed E-state index contributed by atoms with van der Waals surface area (Å²) in [5.74, 6) is 1.50. The van der Waals surface area contributed by atoms with Gasteiger partial charge in [0.2, 0.25) is 0 Å². The van der Waals surface area contributed by atoms with Crippen molar-refractivity contribution >= 4 is 51.3 Å². The van der Waals surface area contributed by atoms with Gasteiger partial charge in [-0.15, -0.1) is 0 Å². The van der Waals surface area contributed by atoms with E-state index in [0.717, 1.165) is 5.56 Å². The van der Waals surface area contributed by atoms with Gasteiger partial charge in [0.1, 0.15) is 18.1 Å². The molecule has 178 valence electrons. The van der Waals surface area contributed by atoms with E-state index in [4.69, 9.17) is 42.1 Å². The lowest BCUT2D eigenvalue weighted by Crippen LogP contribution is -2.18. The summed E-state index contributed by atoms with van der Waals surface area (Å²) in [5.41, 5.74) is 4.26. The minimum atomic E-state index is -0.429. The fourth-order valence-electron chi connectivity index (χ4n) is 2.95. The largest absolute Gasteiger partial charge is 0.497 e. The van der Waals surface area contributed by atoms with Gasteiger partial charge in [0, 0.05) is 21.7 Å². The van der Waals surface area contributed by atoms with Gasteiger partial charge in [-0.2, -0.15) is 5.10 Å². The number of nitrogens with one attached hydrogen (secondary N) is 1. The summed E-state index contributed by atoms with van der Waals surface area (Å²) < 4.78 is 22.4. The first-order valence-electron chi connectivity index (χ1n) is 9.86. The van der Waals surface area contributed by atoms with Crippen LogP contribution in [0.25, 0.3) is 0 Å². The lowest BCUT2D eigenvalue weighted by molar-refractivity contribution is 0.0952. The second kappa shape index (κ2) is 12.0. The average Bonchev–Trinajstić information content (AvgIpc) is 2.83. The molecule has 1 amide bonds. The Kier molecular flexibility index (Phi) is 9.04. The summed E-state index contributed by atoms with van der Waals surface area (Å²) in [5, 5.41) is 5.10. The number of ether oxygens (including phenoxy) is 4. The first kappa shape index (κ1) is 25.7. The smallest absolute Gasteiger partial charge is 0.275 e. The zero-order valence-electron chi connectivity index (χ0n) is 18.5. The first-order valence-corrected chi connectivity index (χ1v) is 11.4. The highest BCUT2D eigenvalue weighted by molar-refractivity contribution is 9.10. The van der Waals surface area contributed by atoms with Crippen LogP contribution in [-0.4, -0.2) is 33.5 Å². The van der Waals surface area contributed by atoms with Crippen LogP contribution >= 0.6 is 39.1 Å². The van der Waals surface area contributed by atoms with Gasteiger partial charge in [-0.3, -0.25) is 4.79 Å². The van der Waals surface area contributed by atoms with Crippen LogP contribution in [0.2, 0.25) is 10.0 Å². The van der Waals surface area contributed by atoms with E-state index in [1.165, 1.54) is 27.5 Å². The first-order chi connectivity index (χ1) is 16.4. The van der Waals surface area contributed by atoms with Crippen LogP contribution in [0.3, 0.4) is 0 Å². The Morgan fingerprint density at radius 2 is 1.76 bits per heavy atom. The number of carbonyl (C=O) groups excluding carboxylic acids is 1.